The number of ether oxygens (including phenoxy) is 1. The minimum atomic E-state index is -0.903. The van der Waals surface area contributed by atoms with Gasteiger partial charge in [-0.05, 0) is 26.7 Å². The minimum absolute atomic E-state index is 0.0673. The Hall–Kier alpha value is -0.450. The van der Waals surface area contributed by atoms with E-state index in [0.717, 1.165) is 0 Å². The lowest BCUT2D eigenvalue weighted by Gasteiger charge is -2.26. The maximum absolute atomic E-state index is 11.4. The first-order valence-electron chi connectivity index (χ1n) is 5.80. The van der Waals surface area contributed by atoms with Gasteiger partial charge in [0, 0.05) is 11.8 Å². The first kappa shape index (κ1) is 15.6. The molecule has 0 heterocycles. The van der Waals surface area contributed by atoms with Crippen LogP contribution in [0, 0.1) is 5.41 Å². The van der Waals surface area contributed by atoms with E-state index in [1.54, 1.807) is 6.92 Å². The third-order valence-electron chi connectivity index (χ3n) is 3.06. The summed E-state index contributed by atoms with van der Waals surface area (Å²) in [5.41, 5.74) is -0.522. The molecule has 0 aliphatic rings. The molecule has 0 aromatic rings. The van der Waals surface area contributed by atoms with Gasteiger partial charge in [0.1, 0.15) is 5.78 Å². The Balaban J connectivity index is 3.98. The van der Waals surface area contributed by atoms with Gasteiger partial charge in [0.25, 0.3) is 0 Å². The second kappa shape index (κ2) is 6.99. The van der Waals surface area contributed by atoms with E-state index >= 15 is 0 Å². The third kappa shape index (κ3) is 5.58. The Morgan fingerprint density at radius 3 is 2.31 bits per heavy atom. The number of carbonyl (C=O) groups is 1. The summed E-state index contributed by atoms with van der Waals surface area (Å²) < 4.78 is 5.23. The van der Waals surface area contributed by atoms with Crippen LogP contribution in [0.25, 0.3) is 0 Å². The quantitative estimate of drug-likeness (QED) is 0.622. The van der Waals surface area contributed by atoms with Crippen molar-refractivity contribution < 1.29 is 19.7 Å². The smallest absolute Gasteiger partial charge is 0.154 e. The van der Waals surface area contributed by atoms with Crippen LogP contribution in [0.3, 0.4) is 0 Å². The van der Waals surface area contributed by atoms with Crippen LogP contribution in [0.15, 0.2) is 0 Å². The Bertz CT molecular complexity index is 215. The second-order valence-corrected chi connectivity index (χ2v) is 4.66. The summed E-state index contributed by atoms with van der Waals surface area (Å²) in [6.07, 6.45) is 0.216. The first-order valence-corrected chi connectivity index (χ1v) is 5.80. The maximum atomic E-state index is 11.4. The van der Waals surface area contributed by atoms with E-state index < -0.39 is 17.8 Å². The zero-order valence-corrected chi connectivity index (χ0v) is 10.7. The minimum Gasteiger partial charge on any atom is -0.393 e. The fourth-order valence-electron chi connectivity index (χ4n) is 1.20. The van der Waals surface area contributed by atoms with Gasteiger partial charge in [-0.25, -0.2) is 0 Å². The number of hydrogen-bond acceptors (Lipinski definition) is 4. The molecular weight excluding hydrogens is 208 g/mol. The topological polar surface area (TPSA) is 66.8 Å². The van der Waals surface area contributed by atoms with Crippen molar-refractivity contribution >= 4 is 5.78 Å². The van der Waals surface area contributed by atoms with Crippen LogP contribution in [0.5, 0.6) is 0 Å². The molecule has 3 atom stereocenters. The molecule has 16 heavy (non-hydrogen) atoms. The average Bonchev–Trinajstić information content (AvgIpc) is 2.22. The van der Waals surface area contributed by atoms with Crippen LogP contribution in [0.2, 0.25) is 0 Å². The van der Waals surface area contributed by atoms with Gasteiger partial charge >= 0.3 is 0 Å². The summed E-state index contributed by atoms with van der Waals surface area (Å²) in [5.74, 6) is 0.0673. The fraction of sp³-hybridized carbons (Fsp3) is 0.917. The van der Waals surface area contributed by atoms with Crippen LogP contribution < -0.4 is 0 Å². The molecular formula is C12H24O4. The SMILES string of the molecule is CCC(C)(COC(O)CCC(C)O)C(C)=O. The fourth-order valence-corrected chi connectivity index (χ4v) is 1.20. The summed E-state index contributed by atoms with van der Waals surface area (Å²) in [5, 5.41) is 18.5. The molecule has 96 valence electrons. The van der Waals surface area contributed by atoms with E-state index in [2.05, 4.69) is 0 Å². The molecule has 0 radical (unpaired) electrons. The summed E-state index contributed by atoms with van der Waals surface area (Å²) in [7, 11) is 0. The average molecular weight is 232 g/mol. The van der Waals surface area contributed by atoms with E-state index in [-0.39, 0.29) is 12.4 Å². The van der Waals surface area contributed by atoms with Crippen LogP contribution >= 0.6 is 0 Å². The van der Waals surface area contributed by atoms with Gasteiger partial charge in [-0.1, -0.05) is 13.8 Å². The molecule has 0 bridgehead atoms. The number of aliphatic hydroxyl groups excluding tert-OH is 2. The number of carbonyl (C=O) groups excluding carboxylic acids is 1. The lowest BCUT2D eigenvalue weighted by atomic mass is 9.84. The van der Waals surface area contributed by atoms with Crippen molar-refractivity contribution in [2.75, 3.05) is 6.61 Å². The molecule has 2 N–H and O–H groups in total. The monoisotopic (exact) mass is 232 g/mol. The molecule has 0 fully saturated rings. The number of rotatable bonds is 8. The zero-order chi connectivity index (χ0) is 12.8. The molecule has 0 aromatic carbocycles. The molecule has 0 spiro atoms. The van der Waals surface area contributed by atoms with Gasteiger partial charge in [0.15, 0.2) is 6.29 Å². The molecule has 0 aliphatic heterocycles. The predicted molar refractivity (Wildman–Crippen MR) is 62.0 cm³/mol. The Morgan fingerprint density at radius 2 is 1.94 bits per heavy atom. The van der Waals surface area contributed by atoms with E-state index in [1.165, 1.54) is 6.92 Å². The Morgan fingerprint density at radius 1 is 1.38 bits per heavy atom. The number of aliphatic hydroxyl groups is 2. The molecule has 0 saturated heterocycles. The molecule has 0 rings (SSSR count). The molecule has 0 amide bonds. The van der Waals surface area contributed by atoms with Crippen molar-refractivity contribution in [3.05, 3.63) is 0 Å². The molecule has 4 nitrogen and oxygen atoms in total. The summed E-state index contributed by atoms with van der Waals surface area (Å²) in [4.78, 5) is 11.4. The molecule has 3 unspecified atom stereocenters. The van der Waals surface area contributed by atoms with E-state index in [1.807, 2.05) is 13.8 Å². The van der Waals surface area contributed by atoms with Crippen LogP contribution in [0.1, 0.15) is 47.0 Å². The zero-order valence-electron chi connectivity index (χ0n) is 10.7. The summed E-state index contributed by atoms with van der Waals surface area (Å²) >= 11 is 0. The van der Waals surface area contributed by atoms with Crippen LogP contribution in [-0.2, 0) is 9.53 Å². The highest BCUT2D eigenvalue weighted by molar-refractivity contribution is 5.81. The van der Waals surface area contributed by atoms with E-state index in [4.69, 9.17) is 9.84 Å². The van der Waals surface area contributed by atoms with Crippen molar-refractivity contribution in [2.24, 2.45) is 5.41 Å². The van der Waals surface area contributed by atoms with E-state index in [0.29, 0.717) is 19.3 Å². The highest BCUT2D eigenvalue weighted by atomic mass is 16.6. The van der Waals surface area contributed by atoms with Crippen molar-refractivity contribution in [3.63, 3.8) is 0 Å². The molecule has 4 heteroatoms. The van der Waals surface area contributed by atoms with Crippen molar-refractivity contribution in [1.82, 2.24) is 0 Å². The first-order chi connectivity index (χ1) is 7.31. The Labute approximate surface area is 97.6 Å². The van der Waals surface area contributed by atoms with Gasteiger partial charge in [0.05, 0.1) is 12.7 Å². The standard InChI is InChI=1S/C12H24O4/c1-5-12(4,10(3)14)8-16-11(15)7-6-9(2)13/h9,11,13,15H,5-8H2,1-4H3. The summed E-state index contributed by atoms with van der Waals surface area (Å²) in [6.45, 7) is 7.18. The highest BCUT2D eigenvalue weighted by Crippen LogP contribution is 2.23. The van der Waals surface area contributed by atoms with E-state index in [9.17, 15) is 9.90 Å². The number of hydrogen-bond donors (Lipinski definition) is 2. The normalized spacial score (nSPS) is 18.9. The van der Waals surface area contributed by atoms with Gasteiger partial charge < -0.3 is 14.9 Å². The third-order valence-corrected chi connectivity index (χ3v) is 3.06. The molecule has 0 aromatic heterocycles. The van der Waals surface area contributed by atoms with Crippen molar-refractivity contribution in [1.29, 1.82) is 0 Å². The maximum Gasteiger partial charge on any atom is 0.154 e. The molecule has 0 aliphatic carbocycles. The highest BCUT2D eigenvalue weighted by Gasteiger charge is 2.28. The number of Topliss-reactive ketones (excluding diaryl/α,β-unsaturated/α-hetero) is 1. The largest absolute Gasteiger partial charge is 0.393 e. The van der Waals surface area contributed by atoms with Crippen molar-refractivity contribution in [2.45, 2.75) is 59.4 Å². The van der Waals surface area contributed by atoms with Gasteiger partial charge in [-0.2, -0.15) is 0 Å². The number of ketones is 1. The van der Waals surface area contributed by atoms with Crippen LogP contribution in [-0.4, -0.2) is 35.0 Å². The second-order valence-electron chi connectivity index (χ2n) is 4.66. The Kier molecular flexibility index (Phi) is 6.79. The van der Waals surface area contributed by atoms with Gasteiger partial charge in [-0.3, -0.25) is 4.79 Å². The van der Waals surface area contributed by atoms with Gasteiger partial charge in [0.2, 0.25) is 0 Å². The van der Waals surface area contributed by atoms with Gasteiger partial charge in [-0.15, -0.1) is 0 Å². The predicted octanol–water partition coefficient (Wildman–Crippen LogP) is 1.49. The molecule has 0 saturated carbocycles. The van der Waals surface area contributed by atoms with Crippen molar-refractivity contribution in [3.8, 4) is 0 Å². The summed E-state index contributed by atoms with van der Waals surface area (Å²) in [6, 6.07) is 0. The lowest BCUT2D eigenvalue weighted by molar-refractivity contribution is -0.147. The lowest BCUT2D eigenvalue weighted by Crippen LogP contribution is -2.32. The van der Waals surface area contributed by atoms with Crippen LogP contribution in [0.4, 0.5) is 0 Å².